The zero-order valence-corrected chi connectivity index (χ0v) is 12.8. The van der Waals surface area contributed by atoms with Crippen molar-refractivity contribution in [3.8, 4) is 0 Å². The van der Waals surface area contributed by atoms with E-state index >= 15 is 0 Å². The van der Waals surface area contributed by atoms with Gasteiger partial charge in [-0.2, -0.15) is 0 Å². The molecule has 0 saturated carbocycles. The molecule has 0 aliphatic heterocycles. The summed E-state index contributed by atoms with van der Waals surface area (Å²) in [5, 5.41) is 0.638. The maximum Gasteiger partial charge on any atom is 0.0364 e. The van der Waals surface area contributed by atoms with Gasteiger partial charge in [-0.3, -0.25) is 0 Å². The minimum atomic E-state index is 0.600. The number of benzene rings is 1. The van der Waals surface area contributed by atoms with Crippen molar-refractivity contribution in [3.05, 3.63) is 24.3 Å². The van der Waals surface area contributed by atoms with Crippen LogP contribution in [0, 0.1) is 5.92 Å². The first kappa shape index (κ1) is 15.4. The first-order chi connectivity index (χ1) is 8.52. The third kappa shape index (κ3) is 5.32. The molecule has 3 heteroatoms. The minimum absolute atomic E-state index is 0.600. The average Bonchev–Trinajstić information content (AvgIpc) is 2.35. The molecular weight excluding hydrogens is 240 g/mol. The molecule has 1 atom stereocenters. The lowest BCUT2D eigenvalue weighted by molar-refractivity contribution is 0.545. The van der Waals surface area contributed by atoms with Crippen molar-refractivity contribution in [2.75, 3.05) is 25.0 Å². The molecule has 1 unspecified atom stereocenters. The van der Waals surface area contributed by atoms with Gasteiger partial charge in [-0.25, -0.2) is 0 Å². The van der Waals surface area contributed by atoms with Crippen LogP contribution in [-0.4, -0.2) is 25.4 Å². The van der Waals surface area contributed by atoms with Crippen LogP contribution >= 0.6 is 11.8 Å². The Balaban J connectivity index is 2.50. The summed E-state index contributed by atoms with van der Waals surface area (Å²) in [6.07, 6.45) is 1.15. The van der Waals surface area contributed by atoms with E-state index in [9.17, 15) is 0 Å². The molecule has 0 amide bonds. The van der Waals surface area contributed by atoms with E-state index in [0.717, 1.165) is 19.5 Å². The van der Waals surface area contributed by atoms with Gasteiger partial charge < -0.3 is 10.6 Å². The summed E-state index contributed by atoms with van der Waals surface area (Å²) >= 11 is 1.91. The SMILES string of the molecule is CC(CN)CCN(C)c1ccc(SC(C)C)cc1. The van der Waals surface area contributed by atoms with Crippen molar-refractivity contribution in [2.45, 2.75) is 37.3 Å². The molecule has 0 spiro atoms. The van der Waals surface area contributed by atoms with Gasteiger partial charge in [0.05, 0.1) is 0 Å². The minimum Gasteiger partial charge on any atom is -0.375 e. The van der Waals surface area contributed by atoms with E-state index in [1.54, 1.807) is 0 Å². The van der Waals surface area contributed by atoms with E-state index < -0.39 is 0 Å². The Bertz CT molecular complexity index is 335. The topological polar surface area (TPSA) is 29.3 Å². The van der Waals surface area contributed by atoms with Crippen LogP contribution in [0.15, 0.2) is 29.2 Å². The summed E-state index contributed by atoms with van der Waals surface area (Å²) in [4.78, 5) is 3.65. The van der Waals surface area contributed by atoms with E-state index in [4.69, 9.17) is 5.73 Å². The van der Waals surface area contributed by atoms with Crippen LogP contribution < -0.4 is 10.6 Å². The summed E-state index contributed by atoms with van der Waals surface area (Å²) in [6.45, 7) is 8.49. The molecule has 1 aromatic carbocycles. The molecular formula is C15H26N2S. The van der Waals surface area contributed by atoms with Gasteiger partial charge in [-0.05, 0) is 43.1 Å². The molecule has 0 aliphatic carbocycles. The molecule has 102 valence electrons. The van der Waals surface area contributed by atoms with Crippen molar-refractivity contribution in [2.24, 2.45) is 11.7 Å². The molecule has 0 saturated heterocycles. The predicted octanol–water partition coefficient (Wildman–Crippen LogP) is 3.61. The lowest BCUT2D eigenvalue weighted by Gasteiger charge is -2.21. The largest absolute Gasteiger partial charge is 0.375 e. The zero-order chi connectivity index (χ0) is 13.5. The van der Waals surface area contributed by atoms with Gasteiger partial charge in [-0.15, -0.1) is 11.8 Å². The molecule has 0 heterocycles. The fourth-order valence-electron chi connectivity index (χ4n) is 1.71. The number of rotatable bonds is 7. The molecule has 0 radical (unpaired) electrons. The highest BCUT2D eigenvalue weighted by Crippen LogP contribution is 2.25. The average molecular weight is 266 g/mol. The van der Waals surface area contributed by atoms with Crippen LogP contribution in [0.2, 0.25) is 0 Å². The Hall–Kier alpha value is -0.670. The Kier molecular flexibility index (Phi) is 6.58. The second-order valence-electron chi connectivity index (χ2n) is 5.21. The van der Waals surface area contributed by atoms with E-state index in [1.165, 1.54) is 10.6 Å². The molecule has 2 N–H and O–H groups in total. The maximum absolute atomic E-state index is 5.64. The Labute approximate surface area is 116 Å². The van der Waals surface area contributed by atoms with E-state index in [2.05, 4.69) is 57.0 Å². The fraction of sp³-hybridized carbons (Fsp3) is 0.600. The second kappa shape index (κ2) is 7.70. The van der Waals surface area contributed by atoms with Crippen LogP contribution in [0.4, 0.5) is 5.69 Å². The Morgan fingerprint density at radius 2 is 1.78 bits per heavy atom. The fourth-order valence-corrected chi connectivity index (χ4v) is 2.55. The van der Waals surface area contributed by atoms with Gasteiger partial charge in [0.15, 0.2) is 0 Å². The highest BCUT2D eigenvalue weighted by Gasteiger charge is 2.05. The highest BCUT2D eigenvalue weighted by atomic mass is 32.2. The number of nitrogens with two attached hydrogens (primary N) is 1. The van der Waals surface area contributed by atoms with Crippen molar-refractivity contribution in [3.63, 3.8) is 0 Å². The van der Waals surface area contributed by atoms with E-state index in [-0.39, 0.29) is 0 Å². The first-order valence-electron chi connectivity index (χ1n) is 6.71. The van der Waals surface area contributed by atoms with Crippen molar-refractivity contribution in [1.29, 1.82) is 0 Å². The molecule has 0 bridgehead atoms. The number of hydrogen-bond donors (Lipinski definition) is 1. The van der Waals surface area contributed by atoms with Gasteiger partial charge in [0.25, 0.3) is 0 Å². The number of thioether (sulfide) groups is 1. The van der Waals surface area contributed by atoms with Crippen LogP contribution in [0.5, 0.6) is 0 Å². The summed E-state index contributed by atoms with van der Waals surface area (Å²) < 4.78 is 0. The molecule has 1 aromatic rings. The molecule has 0 aliphatic rings. The summed E-state index contributed by atoms with van der Waals surface area (Å²) in [7, 11) is 2.15. The highest BCUT2D eigenvalue weighted by molar-refractivity contribution is 7.99. The third-order valence-electron chi connectivity index (χ3n) is 3.01. The summed E-state index contributed by atoms with van der Waals surface area (Å²) in [5.41, 5.74) is 6.93. The first-order valence-corrected chi connectivity index (χ1v) is 7.58. The van der Waals surface area contributed by atoms with E-state index in [1.807, 2.05) is 11.8 Å². The van der Waals surface area contributed by atoms with Gasteiger partial charge in [0.2, 0.25) is 0 Å². The van der Waals surface area contributed by atoms with Crippen LogP contribution in [-0.2, 0) is 0 Å². The zero-order valence-electron chi connectivity index (χ0n) is 12.0. The summed E-state index contributed by atoms with van der Waals surface area (Å²) in [5.74, 6) is 0.600. The van der Waals surface area contributed by atoms with Gasteiger partial charge in [0.1, 0.15) is 0 Å². The molecule has 0 aromatic heterocycles. The lowest BCUT2D eigenvalue weighted by Crippen LogP contribution is -2.22. The number of nitrogens with zero attached hydrogens (tertiary/aromatic N) is 1. The smallest absolute Gasteiger partial charge is 0.0364 e. The van der Waals surface area contributed by atoms with Crippen LogP contribution in [0.1, 0.15) is 27.2 Å². The quantitative estimate of drug-likeness (QED) is 0.765. The molecule has 18 heavy (non-hydrogen) atoms. The monoisotopic (exact) mass is 266 g/mol. The van der Waals surface area contributed by atoms with E-state index in [0.29, 0.717) is 11.2 Å². The molecule has 2 nitrogen and oxygen atoms in total. The maximum atomic E-state index is 5.64. The third-order valence-corrected chi connectivity index (χ3v) is 4.02. The van der Waals surface area contributed by atoms with Crippen LogP contribution in [0.25, 0.3) is 0 Å². The summed E-state index contributed by atoms with van der Waals surface area (Å²) in [6, 6.07) is 8.83. The molecule has 1 rings (SSSR count). The normalized spacial score (nSPS) is 12.8. The van der Waals surface area contributed by atoms with Gasteiger partial charge >= 0.3 is 0 Å². The van der Waals surface area contributed by atoms with Gasteiger partial charge in [-0.1, -0.05) is 20.8 Å². The van der Waals surface area contributed by atoms with Crippen molar-refractivity contribution < 1.29 is 0 Å². The van der Waals surface area contributed by atoms with Gasteiger partial charge in [0, 0.05) is 29.4 Å². The lowest BCUT2D eigenvalue weighted by atomic mass is 10.1. The van der Waals surface area contributed by atoms with Crippen LogP contribution in [0.3, 0.4) is 0 Å². The predicted molar refractivity (Wildman–Crippen MR) is 83.5 cm³/mol. The Morgan fingerprint density at radius 3 is 2.28 bits per heavy atom. The second-order valence-corrected chi connectivity index (χ2v) is 6.86. The van der Waals surface area contributed by atoms with Crippen molar-refractivity contribution >= 4 is 17.4 Å². The standard InChI is InChI=1S/C15H26N2S/c1-12(2)18-15-7-5-14(6-8-15)17(4)10-9-13(3)11-16/h5-8,12-13H,9-11,16H2,1-4H3. The number of hydrogen-bond acceptors (Lipinski definition) is 3. The Morgan fingerprint density at radius 1 is 1.17 bits per heavy atom. The molecule has 0 fully saturated rings. The van der Waals surface area contributed by atoms with Crippen molar-refractivity contribution in [1.82, 2.24) is 0 Å². The number of anilines is 1.